The van der Waals surface area contributed by atoms with Crippen molar-refractivity contribution in [3.63, 3.8) is 0 Å². The Balaban J connectivity index is 1.60. The second-order valence-corrected chi connectivity index (χ2v) is 10.2. The molecule has 0 aromatic heterocycles. The summed E-state index contributed by atoms with van der Waals surface area (Å²) in [5.74, 6) is 1.71. The molecule has 2 aliphatic rings. The van der Waals surface area contributed by atoms with Crippen LogP contribution in [0.3, 0.4) is 0 Å². The van der Waals surface area contributed by atoms with Gasteiger partial charge in [-0.05, 0) is 61.3 Å². The first kappa shape index (κ1) is 28.7. The lowest BCUT2D eigenvalue weighted by Gasteiger charge is -2.35. The van der Waals surface area contributed by atoms with Gasteiger partial charge in [-0.3, -0.25) is 5.32 Å². The largest absolute Gasteiger partial charge is 0.507 e. The summed E-state index contributed by atoms with van der Waals surface area (Å²) in [6.45, 7) is 3.52. The summed E-state index contributed by atoms with van der Waals surface area (Å²) in [5.41, 5.74) is 4.54. The fourth-order valence-electron chi connectivity index (χ4n) is 5.93. The van der Waals surface area contributed by atoms with Gasteiger partial charge in [-0.15, -0.1) is 0 Å². The fourth-order valence-corrected chi connectivity index (χ4v) is 5.93. The summed E-state index contributed by atoms with van der Waals surface area (Å²) in [4.78, 5) is 0. The van der Waals surface area contributed by atoms with Crippen molar-refractivity contribution in [2.45, 2.75) is 38.0 Å². The number of nitrogens with one attached hydrogen (secondary N) is 2. The quantitative estimate of drug-likeness (QED) is 0.232. The molecule has 1 aliphatic heterocycles. The average molecular weight is 567 g/mol. The Morgan fingerprint density at radius 2 is 1.63 bits per heavy atom. The van der Waals surface area contributed by atoms with E-state index in [-0.39, 0.29) is 35.8 Å². The smallest absolute Gasteiger partial charge is 0.200 e. The number of methoxy groups -OCH3 is 3. The number of aromatic hydroxyl groups is 2. The Morgan fingerprint density at radius 3 is 2.27 bits per heavy atom. The molecule has 0 amide bonds. The number of phenols is 2. The molecule has 5 N–H and O–H groups in total. The normalized spacial score (nSPS) is 17.9. The van der Waals surface area contributed by atoms with E-state index in [1.54, 1.807) is 25.3 Å². The number of fused-ring (bicyclic) bond motifs is 5. The Labute approximate surface area is 239 Å². The number of aliphatic hydroxyl groups excluding tert-OH is 1. The highest BCUT2D eigenvalue weighted by molar-refractivity contribution is 5.84. The maximum Gasteiger partial charge on any atom is 0.200 e. The Kier molecular flexibility index (Phi) is 8.35. The minimum absolute atomic E-state index is 0.0657. The van der Waals surface area contributed by atoms with Crippen molar-refractivity contribution in [3.05, 3.63) is 52.6 Å². The highest BCUT2D eigenvalue weighted by Crippen LogP contribution is 2.53. The average Bonchev–Trinajstić information content (AvgIpc) is 2.97. The number of phenolic OH excluding ortho intramolecular Hbond substituents is 2. The van der Waals surface area contributed by atoms with Crippen molar-refractivity contribution >= 4 is 0 Å². The van der Waals surface area contributed by atoms with Gasteiger partial charge in [-0.2, -0.15) is 0 Å². The maximum absolute atomic E-state index is 11.8. The van der Waals surface area contributed by atoms with E-state index in [2.05, 4.69) is 10.6 Å². The molecule has 10 nitrogen and oxygen atoms in total. The molecule has 1 aliphatic carbocycles. The number of hydrogen-bond acceptors (Lipinski definition) is 10. The zero-order valence-electron chi connectivity index (χ0n) is 24.0. The van der Waals surface area contributed by atoms with Crippen LogP contribution in [0, 0.1) is 0 Å². The van der Waals surface area contributed by atoms with Crippen LogP contribution in [0.25, 0.3) is 11.1 Å². The molecule has 0 spiro atoms. The van der Waals surface area contributed by atoms with Gasteiger partial charge in [0.2, 0.25) is 5.75 Å². The number of likely N-dealkylation sites (N-methyl/N-ethyl adjacent to an activating group) is 2. The van der Waals surface area contributed by atoms with Gasteiger partial charge in [0.05, 0.1) is 34.0 Å². The number of benzene rings is 3. The van der Waals surface area contributed by atoms with Crippen molar-refractivity contribution in [2.24, 2.45) is 0 Å². The van der Waals surface area contributed by atoms with Crippen LogP contribution in [0.15, 0.2) is 30.3 Å². The summed E-state index contributed by atoms with van der Waals surface area (Å²) in [6.07, 6.45) is 0.0181. The van der Waals surface area contributed by atoms with Gasteiger partial charge in [0.15, 0.2) is 17.7 Å². The summed E-state index contributed by atoms with van der Waals surface area (Å²) in [7, 11) is 6.41. The molecular formula is C31H38N2O8. The van der Waals surface area contributed by atoms with E-state index < -0.39 is 12.0 Å². The lowest BCUT2D eigenvalue weighted by Crippen LogP contribution is -2.41. The fraction of sp³-hybridized carbons (Fsp3) is 0.419. The van der Waals surface area contributed by atoms with Crippen LogP contribution in [0.4, 0.5) is 0 Å². The Hall–Kier alpha value is -3.86. The second kappa shape index (κ2) is 11.9. The molecule has 3 atom stereocenters. The molecule has 0 bridgehead atoms. The summed E-state index contributed by atoms with van der Waals surface area (Å²) >= 11 is 0. The zero-order valence-corrected chi connectivity index (χ0v) is 24.0. The van der Waals surface area contributed by atoms with E-state index in [0.29, 0.717) is 53.3 Å². The van der Waals surface area contributed by atoms with E-state index >= 15 is 0 Å². The molecule has 0 radical (unpaired) electrons. The van der Waals surface area contributed by atoms with E-state index in [9.17, 15) is 15.3 Å². The molecule has 3 aromatic carbocycles. The molecule has 0 unspecified atom stereocenters. The third-order valence-electron chi connectivity index (χ3n) is 7.84. The van der Waals surface area contributed by atoms with Crippen molar-refractivity contribution in [1.29, 1.82) is 0 Å². The van der Waals surface area contributed by atoms with Gasteiger partial charge in [0.1, 0.15) is 23.0 Å². The van der Waals surface area contributed by atoms with Gasteiger partial charge in [-0.25, -0.2) is 0 Å². The zero-order chi connectivity index (χ0) is 29.3. The molecule has 10 heteroatoms. The van der Waals surface area contributed by atoms with Crippen molar-refractivity contribution < 1.29 is 39.0 Å². The minimum atomic E-state index is -0.941. The number of aliphatic hydroxyl groups is 1. The third-order valence-corrected chi connectivity index (χ3v) is 7.84. The van der Waals surface area contributed by atoms with Crippen LogP contribution in [0.2, 0.25) is 0 Å². The highest BCUT2D eigenvalue weighted by atomic mass is 16.5. The monoisotopic (exact) mass is 566 g/mol. The van der Waals surface area contributed by atoms with Gasteiger partial charge in [-0.1, -0.05) is 6.92 Å². The SMILES string of the molecule is CCN[C@H](CNC)Oc1cc(OC)c2c(c1)-c1c(O)cc3c(c1CC2)[C@@H](O)[C@H](c1cc(OC)c(O)c(OC)c1)CO3. The Bertz CT molecular complexity index is 1390. The molecule has 5 rings (SSSR count). The van der Waals surface area contributed by atoms with E-state index in [4.69, 9.17) is 23.7 Å². The first-order chi connectivity index (χ1) is 19.8. The van der Waals surface area contributed by atoms with Crippen LogP contribution in [0.5, 0.6) is 40.2 Å². The molecule has 41 heavy (non-hydrogen) atoms. The molecular weight excluding hydrogens is 528 g/mol. The van der Waals surface area contributed by atoms with Crippen LogP contribution >= 0.6 is 0 Å². The molecule has 1 heterocycles. The minimum Gasteiger partial charge on any atom is -0.507 e. The predicted octanol–water partition coefficient (Wildman–Crippen LogP) is 3.63. The van der Waals surface area contributed by atoms with Gasteiger partial charge in [0, 0.05) is 41.3 Å². The van der Waals surface area contributed by atoms with Gasteiger partial charge >= 0.3 is 0 Å². The number of ether oxygens (including phenoxy) is 5. The van der Waals surface area contributed by atoms with E-state index in [1.165, 1.54) is 14.2 Å². The van der Waals surface area contributed by atoms with Crippen molar-refractivity contribution in [3.8, 4) is 51.4 Å². The summed E-state index contributed by atoms with van der Waals surface area (Å²) < 4.78 is 28.8. The third kappa shape index (κ3) is 5.18. The van der Waals surface area contributed by atoms with Gasteiger partial charge < -0.3 is 44.3 Å². The van der Waals surface area contributed by atoms with Crippen LogP contribution in [-0.2, 0) is 12.8 Å². The first-order valence-corrected chi connectivity index (χ1v) is 13.7. The topological polar surface area (TPSA) is 131 Å². The van der Waals surface area contributed by atoms with E-state index in [1.807, 2.05) is 26.1 Å². The lowest BCUT2D eigenvalue weighted by atomic mass is 9.77. The lowest BCUT2D eigenvalue weighted by molar-refractivity contribution is 0.0875. The predicted molar refractivity (Wildman–Crippen MR) is 154 cm³/mol. The van der Waals surface area contributed by atoms with Crippen LogP contribution < -0.4 is 34.3 Å². The molecule has 3 aromatic rings. The summed E-state index contributed by atoms with van der Waals surface area (Å²) in [5, 5.41) is 39.9. The van der Waals surface area contributed by atoms with E-state index in [0.717, 1.165) is 23.2 Å². The molecule has 0 saturated heterocycles. The molecule has 0 saturated carbocycles. The second-order valence-electron chi connectivity index (χ2n) is 10.2. The van der Waals surface area contributed by atoms with Crippen LogP contribution in [-0.4, -0.2) is 69.6 Å². The standard InChI is InChI=1S/C31H38N2O8/c1-6-33-27(14-32-2)41-17-11-20-18(23(12-17)37-3)7-8-19-28(20)22(34)13-24-29(19)30(35)21(15-40-24)16-9-25(38-4)31(36)26(10-16)39-5/h9-13,21,27,30,32-36H,6-8,14-15H2,1-5H3/t21-,27-,30-/m0/s1. The molecule has 0 fully saturated rings. The number of hydrogen-bond donors (Lipinski definition) is 5. The highest BCUT2D eigenvalue weighted by Gasteiger charge is 2.37. The Morgan fingerprint density at radius 1 is 0.951 bits per heavy atom. The van der Waals surface area contributed by atoms with Crippen LogP contribution in [0.1, 0.15) is 41.2 Å². The number of rotatable bonds is 10. The maximum atomic E-state index is 11.8. The first-order valence-electron chi connectivity index (χ1n) is 13.7. The van der Waals surface area contributed by atoms with Crippen molar-refractivity contribution in [1.82, 2.24) is 10.6 Å². The summed E-state index contributed by atoms with van der Waals surface area (Å²) in [6, 6.07) is 8.73. The molecule has 220 valence electrons. The van der Waals surface area contributed by atoms with Crippen molar-refractivity contribution in [2.75, 3.05) is 48.1 Å². The van der Waals surface area contributed by atoms with Gasteiger partial charge in [0.25, 0.3) is 0 Å².